The molecule has 0 saturated heterocycles. The van der Waals surface area contributed by atoms with Crippen molar-refractivity contribution < 1.29 is 32.9 Å². The van der Waals surface area contributed by atoms with Crippen molar-refractivity contribution in [2.45, 2.75) is 25.2 Å². The highest BCUT2D eigenvalue weighted by Crippen LogP contribution is 2.31. The lowest BCUT2D eigenvalue weighted by Gasteiger charge is -2.23. The Kier molecular flexibility index (Phi) is 5.79. The van der Waals surface area contributed by atoms with Crippen molar-refractivity contribution >= 4 is 45.6 Å². The third-order valence-electron chi connectivity index (χ3n) is 5.17. The molecule has 2 heterocycles. The van der Waals surface area contributed by atoms with Gasteiger partial charge in [0.25, 0.3) is 11.8 Å². The van der Waals surface area contributed by atoms with Crippen LogP contribution in [0.5, 0.6) is 11.5 Å². The van der Waals surface area contributed by atoms with E-state index in [1.165, 1.54) is 31.2 Å². The molecule has 0 saturated carbocycles. The highest BCUT2D eigenvalue weighted by atomic mass is 32.2. The summed E-state index contributed by atoms with van der Waals surface area (Å²) in [6.07, 6.45) is -0.633. The molecular weight excluding hydrogens is 436 g/mol. The van der Waals surface area contributed by atoms with Gasteiger partial charge in [-0.1, -0.05) is 0 Å². The minimum Gasteiger partial charge on any atom is -0.482 e. The Morgan fingerprint density at radius 1 is 1.06 bits per heavy atom. The van der Waals surface area contributed by atoms with Crippen molar-refractivity contribution in [1.82, 2.24) is 0 Å². The smallest absolute Gasteiger partial charge is 0.265 e. The number of ketones is 2. The number of amides is 2. The lowest BCUT2D eigenvalue weighted by molar-refractivity contribution is -0.122. The first-order chi connectivity index (χ1) is 15.2. The summed E-state index contributed by atoms with van der Waals surface area (Å²) in [5.41, 5.74) is 1.25. The molecule has 166 valence electrons. The molecule has 4 rings (SSSR count). The molecule has 0 bridgehead atoms. The van der Waals surface area contributed by atoms with Gasteiger partial charge in [-0.2, -0.15) is 0 Å². The molecule has 3 atom stereocenters. The number of carbonyl (C=O) groups excluding carboxylic acids is 4. The number of ether oxygens (including phenoxy) is 2. The lowest BCUT2D eigenvalue weighted by atomic mass is 10.1. The molecule has 2 aliphatic rings. The van der Waals surface area contributed by atoms with Gasteiger partial charge in [0.2, 0.25) is 0 Å². The zero-order chi connectivity index (χ0) is 23.0. The van der Waals surface area contributed by atoms with Crippen LogP contribution >= 0.6 is 0 Å². The Hall–Kier alpha value is -3.53. The maximum atomic E-state index is 12.8. The molecule has 3 unspecified atom stereocenters. The van der Waals surface area contributed by atoms with Gasteiger partial charge in [0.15, 0.2) is 24.3 Å². The summed E-state index contributed by atoms with van der Waals surface area (Å²) in [6, 6.07) is 9.13. The second kappa shape index (κ2) is 8.54. The van der Waals surface area contributed by atoms with Crippen molar-refractivity contribution in [2.24, 2.45) is 0 Å². The summed E-state index contributed by atoms with van der Waals surface area (Å²) >= 11 is 0. The fourth-order valence-electron chi connectivity index (χ4n) is 3.31. The largest absolute Gasteiger partial charge is 0.482 e. The van der Waals surface area contributed by atoms with E-state index in [4.69, 9.17) is 9.47 Å². The van der Waals surface area contributed by atoms with Crippen LogP contribution in [0, 0.1) is 0 Å². The van der Waals surface area contributed by atoms with Gasteiger partial charge in [0, 0.05) is 21.9 Å². The van der Waals surface area contributed by atoms with E-state index in [-0.39, 0.29) is 35.3 Å². The van der Waals surface area contributed by atoms with Crippen molar-refractivity contribution in [1.29, 1.82) is 0 Å². The maximum Gasteiger partial charge on any atom is 0.265 e. The van der Waals surface area contributed by atoms with E-state index in [1.807, 2.05) is 0 Å². The molecule has 9 nitrogen and oxygen atoms in total. The molecule has 0 radical (unpaired) electrons. The van der Waals surface area contributed by atoms with Gasteiger partial charge in [-0.05, 0) is 50.2 Å². The maximum absolute atomic E-state index is 12.8. The normalized spacial score (nSPS) is 18.6. The van der Waals surface area contributed by atoms with E-state index >= 15 is 0 Å². The predicted molar refractivity (Wildman–Crippen MR) is 117 cm³/mol. The van der Waals surface area contributed by atoms with E-state index in [2.05, 4.69) is 10.6 Å². The quantitative estimate of drug-likeness (QED) is 0.636. The Morgan fingerprint density at radius 3 is 2.50 bits per heavy atom. The molecular formula is C22H20N2O7S. The van der Waals surface area contributed by atoms with Crippen LogP contribution in [0.15, 0.2) is 36.4 Å². The van der Waals surface area contributed by atoms with E-state index in [1.54, 1.807) is 19.1 Å². The van der Waals surface area contributed by atoms with E-state index in [0.29, 0.717) is 22.9 Å². The Bertz CT molecular complexity index is 1180. The Morgan fingerprint density at radius 2 is 1.72 bits per heavy atom. The molecule has 0 fully saturated rings. The summed E-state index contributed by atoms with van der Waals surface area (Å²) in [5.74, 6) is -0.961. The van der Waals surface area contributed by atoms with Crippen LogP contribution in [0.4, 0.5) is 11.4 Å². The topological polar surface area (TPSA) is 128 Å². The van der Waals surface area contributed by atoms with E-state index in [9.17, 15) is 23.4 Å². The minimum absolute atomic E-state index is 0.0969. The molecule has 2 amide bonds. The molecule has 2 aromatic rings. The van der Waals surface area contributed by atoms with Crippen LogP contribution in [0.2, 0.25) is 0 Å². The van der Waals surface area contributed by atoms with E-state index < -0.39 is 33.7 Å². The van der Waals surface area contributed by atoms with Crippen LogP contribution in [0.3, 0.4) is 0 Å². The van der Waals surface area contributed by atoms with Gasteiger partial charge in [-0.25, -0.2) is 0 Å². The number of anilines is 2. The van der Waals surface area contributed by atoms with Gasteiger partial charge in [-0.15, -0.1) is 0 Å². The summed E-state index contributed by atoms with van der Waals surface area (Å²) < 4.78 is 23.5. The van der Waals surface area contributed by atoms with Crippen LogP contribution in [0.1, 0.15) is 34.6 Å². The first-order valence-corrected chi connectivity index (χ1v) is 11.2. The molecule has 0 spiro atoms. The van der Waals surface area contributed by atoms with E-state index in [0.717, 1.165) is 0 Å². The SMILES string of the molecule is CC1Oc2ccc(C(=O)CS(=O)C(C)C(=O)c3ccc4c(c3)NC(=O)CO4)cc2NC1=O. The van der Waals surface area contributed by atoms with Gasteiger partial charge in [-0.3, -0.25) is 23.4 Å². The number of hydrogen-bond donors (Lipinski definition) is 2. The zero-order valence-corrected chi connectivity index (χ0v) is 18.1. The highest BCUT2D eigenvalue weighted by molar-refractivity contribution is 7.87. The number of benzene rings is 2. The number of nitrogens with one attached hydrogen (secondary N) is 2. The second-order valence-corrected chi connectivity index (χ2v) is 9.22. The molecule has 0 aromatic heterocycles. The molecule has 32 heavy (non-hydrogen) atoms. The number of carbonyl (C=O) groups is 4. The van der Waals surface area contributed by atoms with Crippen molar-refractivity contribution in [3.63, 3.8) is 0 Å². The van der Waals surface area contributed by atoms with Crippen molar-refractivity contribution in [2.75, 3.05) is 23.0 Å². The average Bonchev–Trinajstić information content (AvgIpc) is 2.77. The summed E-state index contributed by atoms with van der Waals surface area (Å²) in [4.78, 5) is 48.7. The van der Waals surface area contributed by atoms with Crippen LogP contribution in [-0.4, -0.2) is 51.3 Å². The highest BCUT2D eigenvalue weighted by Gasteiger charge is 2.27. The average molecular weight is 456 g/mol. The van der Waals surface area contributed by atoms with Gasteiger partial charge < -0.3 is 20.1 Å². The van der Waals surface area contributed by atoms with Gasteiger partial charge in [0.1, 0.15) is 11.5 Å². The fourth-order valence-corrected chi connectivity index (χ4v) is 4.36. The number of rotatable bonds is 6. The monoisotopic (exact) mass is 456 g/mol. The Balaban J connectivity index is 1.45. The van der Waals surface area contributed by atoms with Gasteiger partial charge in [0.05, 0.1) is 22.4 Å². The van der Waals surface area contributed by atoms with Crippen LogP contribution < -0.4 is 20.1 Å². The summed E-state index contributed by atoms with van der Waals surface area (Å²) in [7, 11) is -1.79. The zero-order valence-electron chi connectivity index (χ0n) is 17.3. The first-order valence-electron chi connectivity index (χ1n) is 9.86. The Labute approximate surface area is 185 Å². The molecule has 10 heteroatoms. The van der Waals surface area contributed by atoms with Crippen molar-refractivity contribution in [3.8, 4) is 11.5 Å². The summed E-state index contributed by atoms with van der Waals surface area (Å²) in [6.45, 7) is 3.01. The molecule has 2 N–H and O–H groups in total. The second-order valence-electron chi connectivity index (χ2n) is 7.46. The van der Waals surface area contributed by atoms with Crippen LogP contribution in [-0.2, 0) is 20.4 Å². The lowest BCUT2D eigenvalue weighted by Crippen LogP contribution is -2.34. The molecule has 2 aliphatic heterocycles. The third-order valence-corrected chi connectivity index (χ3v) is 6.72. The minimum atomic E-state index is -1.79. The standard InChI is InChI=1S/C22H20N2O7S/c1-11-22(28)24-16-7-13(3-6-19(16)31-11)17(25)10-32(29)12(2)21(27)14-4-5-18-15(8-14)23-20(26)9-30-18/h3-8,11-12H,9-10H2,1-2H3,(H,23,26)(H,24,28). The first kappa shape index (κ1) is 21.7. The fraction of sp³-hybridized carbons (Fsp3) is 0.273. The summed E-state index contributed by atoms with van der Waals surface area (Å²) in [5, 5.41) is 4.34. The predicted octanol–water partition coefficient (Wildman–Crippen LogP) is 1.94. The number of Topliss-reactive ketones (excluding diaryl/α,β-unsaturated/α-hetero) is 2. The third kappa shape index (κ3) is 4.26. The number of hydrogen-bond acceptors (Lipinski definition) is 7. The molecule has 0 aliphatic carbocycles. The van der Waals surface area contributed by atoms with Gasteiger partial charge >= 0.3 is 0 Å². The van der Waals surface area contributed by atoms with Crippen molar-refractivity contribution in [3.05, 3.63) is 47.5 Å². The molecule has 2 aromatic carbocycles. The number of fused-ring (bicyclic) bond motifs is 2. The van der Waals surface area contributed by atoms with Crippen LogP contribution in [0.25, 0.3) is 0 Å².